The Kier molecular flexibility index (Phi) is 5.05. The van der Waals surface area contributed by atoms with Gasteiger partial charge in [0.25, 0.3) is 0 Å². The normalized spacial score (nSPS) is 12.6. The fourth-order valence-corrected chi connectivity index (χ4v) is 2.89. The maximum atomic E-state index is 4.45. The number of hydrogen-bond acceptors (Lipinski definition) is 4. The largest absolute Gasteiger partial charge is 0.310 e. The van der Waals surface area contributed by atoms with Gasteiger partial charge in [-0.05, 0) is 44.5 Å². The lowest BCUT2D eigenvalue weighted by molar-refractivity contribution is 0.527. The van der Waals surface area contributed by atoms with Gasteiger partial charge in [0.15, 0.2) is 0 Å². The lowest BCUT2D eigenvalue weighted by Gasteiger charge is -2.19. The van der Waals surface area contributed by atoms with Gasteiger partial charge < -0.3 is 5.32 Å². The molecule has 2 aromatic heterocycles. The molecule has 0 saturated heterocycles. The molecular weight excluding hydrogens is 254 g/mol. The van der Waals surface area contributed by atoms with Crippen molar-refractivity contribution in [3.63, 3.8) is 0 Å². The van der Waals surface area contributed by atoms with Crippen molar-refractivity contribution in [1.29, 1.82) is 0 Å². The molecule has 0 aliphatic rings. The van der Waals surface area contributed by atoms with Gasteiger partial charge in [0.1, 0.15) is 0 Å². The number of pyridine rings is 1. The lowest BCUT2D eigenvalue weighted by atomic mass is 10.0. The van der Waals surface area contributed by atoms with Gasteiger partial charge in [-0.25, -0.2) is 4.98 Å². The minimum atomic E-state index is 0.325. The van der Waals surface area contributed by atoms with Crippen molar-refractivity contribution < 1.29 is 0 Å². The molecule has 2 heterocycles. The summed E-state index contributed by atoms with van der Waals surface area (Å²) in [5.41, 5.74) is 3.48. The van der Waals surface area contributed by atoms with E-state index < -0.39 is 0 Å². The molecule has 0 fully saturated rings. The fourth-order valence-electron chi connectivity index (χ4n) is 2.22. The third-order valence-corrected chi connectivity index (χ3v) is 3.81. The first-order chi connectivity index (χ1) is 9.19. The quantitative estimate of drug-likeness (QED) is 0.877. The second-order valence-corrected chi connectivity index (χ2v) is 5.80. The molecule has 3 nitrogen and oxygen atoms in total. The second kappa shape index (κ2) is 6.78. The first-order valence-electron chi connectivity index (χ1n) is 6.76. The van der Waals surface area contributed by atoms with Crippen molar-refractivity contribution in [2.45, 2.75) is 39.7 Å². The van der Waals surface area contributed by atoms with Crippen molar-refractivity contribution in [3.8, 4) is 0 Å². The van der Waals surface area contributed by atoms with Crippen LogP contribution < -0.4 is 5.32 Å². The molecule has 19 heavy (non-hydrogen) atoms. The molecular formula is C15H21N3S. The molecule has 102 valence electrons. The molecule has 0 aromatic carbocycles. The van der Waals surface area contributed by atoms with Gasteiger partial charge in [0.2, 0.25) is 0 Å². The Morgan fingerprint density at radius 3 is 2.58 bits per heavy atom. The highest BCUT2D eigenvalue weighted by molar-refractivity contribution is 7.09. The van der Waals surface area contributed by atoms with E-state index in [9.17, 15) is 0 Å². The molecule has 0 amide bonds. The summed E-state index contributed by atoms with van der Waals surface area (Å²) in [7, 11) is 0. The summed E-state index contributed by atoms with van der Waals surface area (Å²) in [4.78, 5) is 8.85. The molecule has 0 saturated carbocycles. The van der Waals surface area contributed by atoms with E-state index in [1.807, 2.05) is 11.6 Å². The van der Waals surface area contributed by atoms with E-state index in [4.69, 9.17) is 0 Å². The standard InChI is InChI=1S/C15H21N3S/c1-4-5-16-14(10-15-17-6-7-19-15)13-8-11(2)18-12(3)9-13/h6-9,14,16H,4-5,10H2,1-3H3. The molecule has 0 bridgehead atoms. The zero-order valence-corrected chi connectivity index (χ0v) is 12.6. The number of rotatable bonds is 6. The van der Waals surface area contributed by atoms with Crippen LogP contribution in [0, 0.1) is 13.8 Å². The summed E-state index contributed by atoms with van der Waals surface area (Å²) >= 11 is 1.72. The zero-order chi connectivity index (χ0) is 13.7. The number of thiazole rings is 1. The highest BCUT2D eigenvalue weighted by Gasteiger charge is 2.14. The third-order valence-electron chi connectivity index (χ3n) is 3.01. The summed E-state index contributed by atoms with van der Waals surface area (Å²) in [5, 5.41) is 6.84. The van der Waals surface area contributed by atoms with E-state index in [-0.39, 0.29) is 0 Å². The molecule has 0 aliphatic carbocycles. The molecule has 4 heteroatoms. The summed E-state index contributed by atoms with van der Waals surface area (Å²) < 4.78 is 0. The fraction of sp³-hybridized carbons (Fsp3) is 0.467. The number of hydrogen-bond donors (Lipinski definition) is 1. The summed E-state index contributed by atoms with van der Waals surface area (Å²) in [6.45, 7) is 7.32. The topological polar surface area (TPSA) is 37.8 Å². The van der Waals surface area contributed by atoms with Crippen LogP contribution in [0.3, 0.4) is 0 Å². The van der Waals surface area contributed by atoms with E-state index in [0.717, 1.165) is 30.8 Å². The van der Waals surface area contributed by atoms with E-state index >= 15 is 0 Å². The molecule has 2 rings (SSSR count). The van der Waals surface area contributed by atoms with Gasteiger partial charge in [0.05, 0.1) is 5.01 Å². The van der Waals surface area contributed by atoms with E-state index in [1.165, 1.54) is 10.6 Å². The minimum Gasteiger partial charge on any atom is -0.310 e. The van der Waals surface area contributed by atoms with Gasteiger partial charge in [0, 0.05) is 35.4 Å². The lowest BCUT2D eigenvalue weighted by Crippen LogP contribution is -2.24. The molecule has 0 aliphatic heterocycles. The number of nitrogens with zero attached hydrogens (tertiary/aromatic N) is 2. The first kappa shape index (κ1) is 14.2. The molecule has 1 unspecified atom stereocenters. The van der Waals surface area contributed by atoms with Crippen molar-refractivity contribution in [3.05, 3.63) is 45.7 Å². The summed E-state index contributed by atoms with van der Waals surface area (Å²) in [6, 6.07) is 4.67. The monoisotopic (exact) mass is 275 g/mol. The molecule has 1 atom stereocenters. The number of aromatic nitrogens is 2. The van der Waals surface area contributed by atoms with Gasteiger partial charge >= 0.3 is 0 Å². The van der Waals surface area contributed by atoms with Crippen LogP contribution in [0.25, 0.3) is 0 Å². The van der Waals surface area contributed by atoms with Crippen molar-refractivity contribution in [2.24, 2.45) is 0 Å². The van der Waals surface area contributed by atoms with Crippen LogP contribution in [-0.2, 0) is 6.42 Å². The van der Waals surface area contributed by atoms with Gasteiger partial charge in [-0.15, -0.1) is 11.3 Å². The van der Waals surface area contributed by atoms with Crippen LogP contribution in [0.5, 0.6) is 0 Å². The van der Waals surface area contributed by atoms with E-state index in [2.05, 4.69) is 48.2 Å². The maximum absolute atomic E-state index is 4.45. The highest BCUT2D eigenvalue weighted by atomic mass is 32.1. The van der Waals surface area contributed by atoms with Crippen LogP contribution >= 0.6 is 11.3 Å². The average molecular weight is 275 g/mol. The summed E-state index contributed by atoms with van der Waals surface area (Å²) in [5.74, 6) is 0. The van der Waals surface area contributed by atoms with Crippen molar-refractivity contribution in [1.82, 2.24) is 15.3 Å². The first-order valence-corrected chi connectivity index (χ1v) is 7.64. The number of nitrogens with one attached hydrogen (secondary N) is 1. The minimum absolute atomic E-state index is 0.325. The predicted octanol–water partition coefficient (Wildman–Crippen LogP) is 3.44. The van der Waals surface area contributed by atoms with Crippen LogP contribution in [0.1, 0.15) is 41.3 Å². The van der Waals surface area contributed by atoms with E-state index in [0.29, 0.717) is 6.04 Å². The Morgan fingerprint density at radius 1 is 1.26 bits per heavy atom. The Balaban J connectivity index is 2.20. The van der Waals surface area contributed by atoms with Crippen LogP contribution in [0.15, 0.2) is 23.7 Å². The second-order valence-electron chi connectivity index (χ2n) is 4.82. The Hall–Kier alpha value is -1.26. The maximum Gasteiger partial charge on any atom is 0.0943 e. The van der Waals surface area contributed by atoms with Crippen LogP contribution in [0.2, 0.25) is 0 Å². The molecule has 1 N–H and O–H groups in total. The van der Waals surface area contributed by atoms with E-state index in [1.54, 1.807) is 11.3 Å². The predicted molar refractivity (Wildman–Crippen MR) is 80.6 cm³/mol. The summed E-state index contributed by atoms with van der Waals surface area (Å²) in [6.07, 6.45) is 3.96. The van der Waals surface area contributed by atoms with Crippen molar-refractivity contribution >= 4 is 11.3 Å². The van der Waals surface area contributed by atoms with Crippen LogP contribution in [0.4, 0.5) is 0 Å². The molecule has 0 radical (unpaired) electrons. The Labute approximate surface area is 119 Å². The number of aryl methyl sites for hydroxylation is 2. The third kappa shape index (κ3) is 4.11. The van der Waals surface area contributed by atoms with Gasteiger partial charge in [-0.3, -0.25) is 4.98 Å². The molecule has 2 aromatic rings. The van der Waals surface area contributed by atoms with Gasteiger partial charge in [-0.2, -0.15) is 0 Å². The highest BCUT2D eigenvalue weighted by Crippen LogP contribution is 2.21. The van der Waals surface area contributed by atoms with Crippen LogP contribution in [-0.4, -0.2) is 16.5 Å². The Bertz CT molecular complexity index is 488. The SMILES string of the molecule is CCCNC(Cc1nccs1)c1cc(C)nc(C)c1. The van der Waals surface area contributed by atoms with Gasteiger partial charge in [-0.1, -0.05) is 6.92 Å². The Morgan fingerprint density at radius 2 is 2.00 bits per heavy atom. The zero-order valence-electron chi connectivity index (χ0n) is 11.8. The average Bonchev–Trinajstić information content (AvgIpc) is 2.86. The smallest absolute Gasteiger partial charge is 0.0943 e. The van der Waals surface area contributed by atoms with Crippen molar-refractivity contribution in [2.75, 3.05) is 6.54 Å². The molecule has 0 spiro atoms.